The first kappa shape index (κ1) is 28.3. The van der Waals surface area contributed by atoms with E-state index in [1.165, 1.54) is 64.3 Å². The molecule has 0 saturated carbocycles. The molecule has 26 heavy (non-hydrogen) atoms. The van der Waals surface area contributed by atoms with Crippen molar-refractivity contribution in [3.63, 3.8) is 0 Å². The molecule has 0 bridgehead atoms. The van der Waals surface area contributed by atoms with Crippen molar-refractivity contribution in [2.45, 2.75) is 66.2 Å². The monoisotopic (exact) mass is 405 g/mol. The summed E-state index contributed by atoms with van der Waals surface area (Å²) in [5.74, 6) is 0. The average molecular weight is 405 g/mol. The molecule has 0 fully saturated rings. The van der Waals surface area contributed by atoms with Gasteiger partial charge in [0.25, 0.3) is 0 Å². The van der Waals surface area contributed by atoms with Crippen molar-refractivity contribution < 1.29 is 17.3 Å². The van der Waals surface area contributed by atoms with Gasteiger partial charge in [-0.25, -0.2) is 0 Å². The molecule has 9 heteroatoms. The van der Waals surface area contributed by atoms with Crippen molar-refractivity contribution in [1.29, 1.82) is 0 Å². The van der Waals surface area contributed by atoms with Gasteiger partial charge in [-0.1, -0.05) is 40.0 Å². The molecule has 3 nitrogen and oxygen atoms in total. The van der Waals surface area contributed by atoms with E-state index in [-0.39, 0.29) is 0 Å². The average Bonchev–Trinajstić information content (AvgIpc) is 2.55. The molecule has 0 aromatic rings. The molecule has 0 atom stereocenters. The summed E-state index contributed by atoms with van der Waals surface area (Å²) < 4.78 is 47.1. The smallest absolute Gasteiger partial charge is 0.418 e. The number of nitrogens with zero attached hydrogens (tertiary/aromatic N) is 3. The van der Waals surface area contributed by atoms with E-state index < -0.39 is 15.0 Å². The molecule has 0 rings (SSSR count). The van der Waals surface area contributed by atoms with Crippen molar-refractivity contribution in [2.24, 2.45) is 0 Å². The van der Waals surface area contributed by atoms with Crippen LogP contribution in [0.1, 0.15) is 66.2 Å². The maximum Gasteiger partial charge on any atom is 0.673 e. The van der Waals surface area contributed by atoms with Gasteiger partial charge in [0.15, 0.2) is 0 Å². The molecule has 0 aliphatic rings. The van der Waals surface area contributed by atoms with E-state index in [0.717, 1.165) is 0 Å². The van der Waals surface area contributed by atoms with Gasteiger partial charge >= 0.3 is 7.25 Å². The third-order valence-corrected chi connectivity index (χ3v) is 9.30. The second kappa shape index (κ2) is 15.1. The van der Waals surface area contributed by atoms with Gasteiger partial charge in [-0.15, -0.1) is 0 Å². The maximum absolute atomic E-state index is 9.75. The quantitative estimate of drug-likeness (QED) is 0.203. The van der Waals surface area contributed by atoms with Crippen LogP contribution >= 0.6 is 7.71 Å². The molecule has 160 valence electrons. The summed E-state index contributed by atoms with van der Waals surface area (Å²) in [5.41, 5.74) is 0. The van der Waals surface area contributed by atoms with Gasteiger partial charge in [0.2, 0.25) is 7.71 Å². The topological polar surface area (TPSA) is 9.72 Å². The molecule has 0 N–H and O–H groups in total. The van der Waals surface area contributed by atoms with Crippen LogP contribution in [0.4, 0.5) is 17.3 Å². The molecule has 0 radical (unpaired) electrons. The summed E-state index contributed by atoms with van der Waals surface area (Å²) in [6, 6.07) is 0. The number of halogens is 4. The predicted octanol–water partition coefficient (Wildman–Crippen LogP) is 6.26. The van der Waals surface area contributed by atoms with Crippen LogP contribution in [-0.2, 0) is 0 Å². The van der Waals surface area contributed by atoms with Gasteiger partial charge in [0, 0.05) is 40.8 Å². The minimum atomic E-state index is -6.00. The Balaban J connectivity index is 0. The summed E-state index contributed by atoms with van der Waals surface area (Å²) >= 11 is 0. The van der Waals surface area contributed by atoms with Crippen LogP contribution in [-0.4, -0.2) is 68.2 Å². The zero-order valence-corrected chi connectivity index (χ0v) is 18.8. The second-order valence-electron chi connectivity index (χ2n) is 6.71. The summed E-state index contributed by atoms with van der Waals surface area (Å²) in [6.07, 6.45) is 9.03. The van der Waals surface area contributed by atoms with Crippen molar-refractivity contribution in [1.82, 2.24) is 14.0 Å². The van der Waals surface area contributed by atoms with Crippen LogP contribution in [0.2, 0.25) is 0 Å². The van der Waals surface area contributed by atoms with Gasteiger partial charge in [0.05, 0.1) is 0 Å². The van der Waals surface area contributed by atoms with E-state index in [1.54, 1.807) is 0 Å². The Hall–Kier alpha value is 0.0949. The zero-order valence-electron chi connectivity index (χ0n) is 17.9. The van der Waals surface area contributed by atoms with Gasteiger partial charge in [0.1, 0.15) is 6.16 Å². The normalized spacial score (nSPS) is 12.7. The van der Waals surface area contributed by atoms with E-state index in [9.17, 15) is 17.3 Å². The Morgan fingerprint density at radius 2 is 0.846 bits per heavy atom. The minimum absolute atomic E-state index is 1.23. The van der Waals surface area contributed by atoms with Crippen LogP contribution in [0.15, 0.2) is 0 Å². The van der Waals surface area contributed by atoms with Crippen LogP contribution < -0.4 is 0 Å². The number of rotatable bonds is 13. The van der Waals surface area contributed by atoms with Crippen LogP contribution in [0.25, 0.3) is 0 Å². The van der Waals surface area contributed by atoms with Gasteiger partial charge in [-0.05, 0) is 26.2 Å². The van der Waals surface area contributed by atoms with Crippen molar-refractivity contribution in [3.05, 3.63) is 0 Å². The lowest BCUT2D eigenvalue weighted by molar-refractivity contribution is 0.357. The molecule has 0 aliphatic heterocycles. The molecule has 0 amide bonds. The van der Waals surface area contributed by atoms with E-state index >= 15 is 0 Å². The summed E-state index contributed by atoms with van der Waals surface area (Å²) in [4.78, 5) is 0. The largest absolute Gasteiger partial charge is 0.673 e. The molecule has 0 unspecified atom stereocenters. The van der Waals surface area contributed by atoms with E-state index in [0.29, 0.717) is 0 Å². The molecule has 0 saturated heterocycles. The Labute approximate surface area is 160 Å². The Morgan fingerprint density at radius 3 is 1.00 bits per heavy atom. The van der Waals surface area contributed by atoms with Gasteiger partial charge in [-0.3, -0.25) is 0 Å². The first-order chi connectivity index (χ1) is 12.0. The fourth-order valence-corrected chi connectivity index (χ4v) is 7.55. The third kappa shape index (κ3) is 11.7. The highest BCUT2D eigenvalue weighted by molar-refractivity contribution is 7.68. The number of hydrogen-bond donors (Lipinski definition) is 0. The lowest BCUT2D eigenvalue weighted by Gasteiger charge is -2.44. The van der Waals surface area contributed by atoms with Crippen molar-refractivity contribution in [2.75, 3.05) is 46.9 Å². The number of hydrogen-bond acceptors (Lipinski definition) is 3. The Morgan fingerprint density at radius 1 is 0.615 bits per heavy atom. The van der Waals surface area contributed by atoms with E-state index in [2.05, 4.69) is 62.8 Å². The van der Waals surface area contributed by atoms with Gasteiger partial charge < -0.3 is 17.3 Å². The second-order valence-corrected chi connectivity index (χ2v) is 10.8. The first-order valence-electron chi connectivity index (χ1n) is 9.91. The van der Waals surface area contributed by atoms with Crippen LogP contribution in [0.3, 0.4) is 0 Å². The first-order valence-corrected chi connectivity index (χ1v) is 11.7. The standard InChI is InChI=1S/C17H41N3P.BF4/c1-8-12-15-18(5)21(11-4,19(6)16-13-9-2)20(7)17-14-10-3;2-1(3,4)5/h8-17H2,1-7H3;/q+1;-1. The highest BCUT2D eigenvalue weighted by atomic mass is 31.2. The Bertz CT molecular complexity index is 294. The molecule has 0 aromatic carbocycles. The lowest BCUT2D eigenvalue weighted by Crippen LogP contribution is -2.43. The fourth-order valence-electron chi connectivity index (χ4n) is 3.15. The SMILES string of the molecule is CCCCN(C)[P+](CC)(N(C)CCCC)N(C)CCCC.F[B-](F)(F)F. The molecular formula is C17H41BF4N3P. The highest BCUT2D eigenvalue weighted by Gasteiger charge is 2.49. The van der Waals surface area contributed by atoms with Crippen molar-refractivity contribution >= 4 is 15.0 Å². The summed E-state index contributed by atoms with van der Waals surface area (Å²) in [5, 5.41) is 0. The van der Waals surface area contributed by atoms with E-state index in [4.69, 9.17) is 0 Å². The molecular weight excluding hydrogens is 364 g/mol. The predicted molar refractivity (Wildman–Crippen MR) is 110 cm³/mol. The number of unbranched alkanes of at least 4 members (excludes halogenated alkanes) is 3. The van der Waals surface area contributed by atoms with Crippen LogP contribution in [0.5, 0.6) is 0 Å². The third-order valence-electron chi connectivity index (χ3n) is 4.57. The Kier molecular flexibility index (Phi) is 16.4. The minimum Gasteiger partial charge on any atom is -0.418 e. The summed E-state index contributed by atoms with van der Waals surface area (Å²) in [6.45, 7) is 13.0. The molecule has 0 aliphatic carbocycles. The maximum atomic E-state index is 9.75. The zero-order chi connectivity index (χ0) is 20.8. The van der Waals surface area contributed by atoms with Crippen LogP contribution in [0, 0.1) is 0 Å². The molecule has 0 spiro atoms. The summed E-state index contributed by atoms with van der Waals surface area (Å²) in [7, 11) is -0.262. The lowest BCUT2D eigenvalue weighted by atomic mass is 10.3. The molecule has 0 aromatic heterocycles. The molecule has 0 heterocycles. The van der Waals surface area contributed by atoms with Gasteiger partial charge in [-0.2, -0.15) is 14.0 Å². The van der Waals surface area contributed by atoms with Crippen molar-refractivity contribution in [3.8, 4) is 0 Å². The fraction of sp³-hybridized carbons (Fsp3) is 1.00. The van der Waals surface area contributed by atoms with E-state index in [1.807, 2.05) is 0 Å². The highest BCUT2D eigenvalue weighted by Crippen LogP contribution is 2.65.